The molecule has 0 spiro atoms. The van der Waals surface area contributed by atoms with Crippen LogP contribution in [-0.2, 0) is 11.2 Å². The molecule has 0 saturated heterocycles. The lowest BCUT2D eigenvalue weighted by Crippen LogP contribution is -2.54. The quantitative estimate of drug-likeness (QED) is 0.590. The molecule has 0 heterocycles. The van der Waals surface area contributed by atoms with Gasteiger partial charge in [0, 0.05) is 11.3 Å². The van der Waals surface area contributed by atoms with Crippen LogP contribution < -0.4 is 0 Å². The van der Waals surface area contributed by atoms with Crippen molar-refractivity contribution in [1.29, 1.82) is 0 Å². The van der Waals surface area contributed by atoms with Crippen LogP contribution >= 0.6 is 0 Å². The highest BCUT2D eigenvalue weighted by Gasteiger charge is 2.56. The maximum Gasteiger partial charge on any atom is 0.283 e. The molecule has 1 fully saturated rings. The Morgan fingerprint density at radius 2 is 1.91 bits per heavy atom. The van der Waals surface area contributed by atoms with Crippen molar-refractivity contribution in [2.45, 2.75) is 50.0 Å². The van der Waals surface area contributed by atoms with E-state index in [-0.39, 0.29) is 23.0 Å². The number of ketones is 1. The summed E-state index contributed by atoms with van der Waals surface area (Å²) >= 11 is 0. The van der Waals surface area contributed by atoms with Gasteiger partial charge in [-0.25, -0.2) is 0 Å². The number of nitro groups is 1. The smallest absolute Gasteiger partial charge is 0.283 e. The summed E-state index contributed by atoms with van der Waals surface area (Å²) in [5, 5.41) is 14.0. The van der Waals surface area contributed by atoms with E-state index in [2.05, 4.69) is 0 Å². The minimum absolute atomic E-state index is 0.161. The molecular formula is C19H19NO3. The number of benzene rings is 2. The molecule has 4 heteroatoms. The van der Waals surface area contributed by atoms with Crippen LogP contribution in [0.1, 0.15) is 49.1 Å². The molecule has 23 heavy (non-hydrogen) atoms. The van der Waals surface area contributed by atoms with E-state index in [1.165, 1.54) is 0 Å². The first-order valence-corrected chi connectivity index (χ1v) is 8.33. The highest BCUT2D eigenvalue weighted by molar-refractivity contribution is 6.00. The summed E-state index contributed by atoms with van der Waals surface area (Å²) in [5.74, 6) is -0.485. The second-order valence-corrected chi connectivity index (χ2v) is 6.84. The number of hydrogen-bond acceptors (Lipinski definition) is 3. The van der Waals surface area contributed by atoms with Gasteiger partial charge in [0.15, 0.2) is 0 Å². The first-order valence-electron chi connectivity index (χ1n) is 8.33. The summed E-state index contributed by atoms with van der Waals surface area (Å²) in [7, 11) is 0. The zero-order valence-electron chi connectivity index (χ0n) is 13.0. The normalized spacial score (nSPS) is 27.1. The first kappa shape index (κ1) is 14.4. The fraction of sp³-hybridized carbons (Fsp3) is 0.421. The summed E-state index contributed by atoms with van der Waals surface area (Å²) in [6.45, 7) is 0. The fourth-order valence-corrected chi connectivity index (χ4v) is 4.44. The van der Waals surface area contributed by atoms with Gasteiger partial charge in [-0.05, 0) is 34.7 Å². The molecule has 2 aliphatic carbocycles. The number of rotatable bonds is 1. The van der Waals surface area contributed by atoms with Crippen molar-refractivity contribution in [1.82, 2.24) is 0 Å². The molecule has 2 atom stereocenters. The highest BCUT2D eigenvalue weighted by atomic mass is 16.6. The molecule has 4 rings (SSSR count). The van der Waals surface area contributed by atoms with E-state index in [0.717, 1.165) is 47.6 Å². The van der Waals surface area contributed by atoms with Gasteiger partial charge in [-0.1, -0.05) is 49.2 Å². The number of nitrogens with zero attached hydrogens (tertiary/aromatic N) is 1. The van der Waals surface area contributed by atoms with E-state index in [1.807, 2.05) is 36.4 Å². The van der Waals surface area contributed by atoms with Crippen molar-refractivity contribution in [3.05, 3.63) is 57.6 Å². The summed E-state index contributed by atoms with van der Waals surface area (Å²) in [6, 6.07) is 12.1. The van der Waals surface area contributed by atoms with Gasteiger partial charge in [0.2, 0.25) is 5.78 Å². The van der Waals surface area contributed by atoms with Gasteiger partial charge < -0.3 is 0 Å². The lowest BCUT2D eigenvalue weighted by Gasteiger charge is -2.36. The fourth-order valence-electron chi connectivity index (χ4n) is 4.44. The molecule has 2 aliphatic rings. The van der Waals surface area contributed by atoms with Crippen LogP contribution in [0, 0.1) is 10.1 Å². The van der Waals surface area contributed by atoms with Gasteiger partial charge in [-0.15, -0.1) is 0 Å². The van der Waals surface area contributed by atoms with Crippen LogP contribution in [0.3, 0.4) is 0 Å². The topological polar surface area (TPSA) is 60.2 Å². The molecule has 2 aromatic rings. The highest BCUT2D eigenvalue weighted by Crippen LogP contribution is 2.45. The summed E-state index contributed by atoms with van der Waals surface area (Å²) in [5.41, 5.74) is 0.639. The van der Waals surface area contributed by atoms with Gasteiger partial charge in [0.05, 0.1) is 12.3 Å². The van der Waals surface area contributed by atoms with E-state index in [4.69, 9.17) is 0 Å². The molecule has 0 radical (unpaired) electrons. The summed E-state index contributed by atoms with van der Waals surface area (Å²) < 4.78 is 0. The molecule has 0 aromatic heterocycles. The van der Waals surface area contributed by atoms with Gasteiger partial charge in [-0.3, -0.25) is 14.9 Å². The van der Waals surface area contributed by atoms with E-state index in [1.54, 1.807) is 0 Å². The Hall–Kier alpha value is -2.23. The van der Waals surface area contributed by atoms with Gasteiger partial charge >= 0.3 is 0 Å². The van der Waals surface area contributed by atoms with Crippen molar-refractivity contribution in [2.75, 3.05) is 0 Å². The molecule has 2 aromatic carbocycles. The van der Waals surface area contributed by atoms with Crippen LogP contribution in [0.25, 0.3) is 10.8 Å². The Kier molecular flexibility index (Phi) is 3.22. The zero-order valence-corrected chi connectivity index (χ0v) is 13.0. The number of carbonyl (C=O) groups is 1. The largest absolute Gasteiger partial charge is 0.291 e. The second kappa shape index (κ2) is 5.15. The minimum Gasteiger partial charge on any atom is -0.291 e. The zero-order chi connectivity index (χ0) is 16.0. The van der Waals surface area contributed by atoms with Crippen molar-refractivity contribution in [3.63, 3.8) is 0 Å². The molecule has 0 N–H and O–H groups in total. The van der Waals surface area contributed by atoms with Gasteiger partial charge in [-0.2, -0.15) is 0 Å². The average Bonchev–Trinajstić information content (AvgIpc) is 2.56. The van der Waals surface area contributed by atoms with Crippen molar-refractivity contribution in [2.24, 2.45) is 0 Å². The monoisotopic (exact) mass is 309 g/mol. The predicted molar refractivity (Wildman–Crippen MR) is 88.2 cm³/mol. The third-order valence-corrected chi connectivity index (χ3v) is 5.60. The maximum absolute atomic E-state index is 13.1. The average molecular weight is 309 g/mol. The van der Waals surface area contributed by atoms with Crippen molar-refractivity contribution < 1.29 is 9.72 Å². The minimum atomic E-state index is -1.40. The Morgan fingerprint density at radius 1 is 1.09 bits per heavy atom. The van der Waals surface area contributed by atoms with E-state index >= 15 is 0 Å². The van der Waals surface area contributed by atoms with Crippen molar-refractivity contribution in [3.8, 4) is 0 Å². The maximum atomic E-state index is 13.1. The predicted octanol–water partition coefficient (Wildman–Crippen LogP) is 4.03. The summed E-state index contributed by atoms with van der Waals surface area (Å²) in [6.07, 6.45) is 4.06. The molecule has 1 saturated carbocycles. The SMILES string of the molecule is O=C1[C@H]2CCCCC[C@]1([N+](=O)[O-])Cc1ccc3ccccc3c12. The third-order valence-electron chi connectivity index (χ3n) is 5.60. The number of hydrogen-bond donors (Lipinski definition) is 0. The molecule has 0 unspecified atom stereocenters. The molecule has 4 nitrogen and oxygen atoms in total. The van der Waals surface area contributed by atoms with Crippen LogP contribution in [0.2, 0.25) is 0 Å². The van der Waals surface area contributed by atoms with Crippen LogP contribution in [0.15, 0.2) is 36.4 Å². The number of Topliss-reactive ketones (excluding diaryl/α,β-unsaturated/α-hetero) is 1. The van der Waals surface area contributed by atoms with E-state index < -0.39 is 5.54 Å². The van der Waals surface area contributed by atoms with Crippen LogP contribution in [-0.4, -0.2) is 16.2 Å². The molecule has 118 valence electrons. The first-order chi connectivity index (χ1) is 11.1. The number of carbonyl (C=O) groups excluding carboxylic acids is 1. The molecular weight excluding hydrogens is 290 g/mol. The second-order valence-electron chi connectivity index (χ2n) is 6.84. The Morgan fingerprint density at radius 3 is 2.74 bits per heavy atom. The van der Waals surface area contributed by atoms with E-state index in [9.17, 15) is 14.9 Å². The Bertz CT molecular complexity index is 813. The molecule has 2 bridgehead atoms. The Balaban J connectivity index is 1.99. The van der Waals surface area contributed by atoms with Crippen LogP contribution in [0.5, 0.6) is 0 Å². The van der Waals surface area contributed by atoms with Gasteiger partial charge in [0.25, 0.3) is 5.54 Å². The van der Waals surface area contributed by atoms with Crippen LogP contribution in [0.4, 0.5) is 0 Å². The molecule has 0 amide bonds. The van der Waals surface area contributed by atoms with Gasteiger partial charge in [0.1, 0.15) is 0 Å². The lowest BCUT2D eigenvalue weighted by atomic mass is 9.65. The van der Waals surface area contributed by atoms with E-state index in [0.29, 0.717) is 6.42 Å². The molecule has 0 aliphatic heterocycles. The third kappa shape index (κ3) is 2.01. The number of fused-ring (bicyclic) bond motifs is 6. The summed E-state index contributed by atoms with van der Waals surface area (Å²) in [4.78, 5) is 24.6. The Labute approximate surface area is 134 Å². The van der Waals surface area contributed by atoms with Crippen molar-refractivity contribution >= 4 is 16.6 Å². The standard InChI is InChI=1S/C19H19NO3/c21-18-16-8-2-1-5-11-19(18,20(22)23)12-14-10-9-13-6-3-4-7-15(13)17(14)16/h3-4,6-7,9-10,16H,1-2,5,8,11-12H2/t16-,19-/m0/s1. The lowest BCUT2D eigenvalue weighted by molar-refractivity contribution is -0.554.